The van der Waals surface area contributed by atoms with Gasteiger partial charge in [-0.15, -0.1) is 5.10 Å². The lowest BCUT2D eigenvalue weighted by molar-refractivity contribution is -0.119. The molecule has 1 amide bonds. The van der Waals surface area contributed by atoms with Crippen molar-refractivity contribution in [2.75, 3.05) is 5.75 Å². The van der Waals surface area contributed by atoms with Crippen LogP contribution in [0.3, 0.4) is 0 Å². The molecule has 1 aromatic carbocycles. The lowest BCUT2D eigenvalue weighted by Gasteiger charge is -2.22. The summed E-state index contributed by atoms with van der Waals surface area (Å²) < 4.78 is 0. The molecule has 2 N–H and O–H groups in total. The number of rotatable bonds is 5. The standard InChI is InChI=1S/C20H28N4OS/c1-20(2,3)15-11-9-14(10-12-15)18-22-19(24-23-18)26-13-17(25)21-16-7-5-4-6-8-16/h9-12,16H,4-8,13H2,1-3H3,(H,21,25)(H,22,23,24). The van der Waals surface area contributed by atoms with E-state index in [1.807, 2.05) is 0 Å². The molecule has 1 aliphatic carbocycles. The minimum Gasteiger partial charge on any atom is -0.353 e. The van der Waals surface area contributed by atoms with E-state index in [0.717, 1.165) is 24.2 Å². The van der Waals surface area contributed by atoms with Crippen LogP contribution in [0.15, 0.2) is 29.4 Å². The predicted octanol–water partition coefficient (Wildman–Crippen LogP) is 4.31. The van der Waals surface area contributed by atoms with Crippen molar-refractivity contribution in [2.24, 2.45) is 0 Å². The Balaban J connectivity index is 1.53. The van der Waals surface area contributed by atoms with Gasteiger partial charge in [0.2, 0.25) is 11.1 Å². The van der Waals surface area contributed by atoms with Gasteiger partial charge in [-0.2, -0.15) is 0 Å². The Kier molecular flexibility index (Phi) is 6.01. The highest BCUT2D eigenvalue weighted by atomic mass is 32.2. The molecule has 0 spiro atoms. The largest absolute Gasteiger partial charge is 0.353 e. The molecule has 1 fully saturated rings. The summed E-state index contributed by atoms with van der Waals surface area (Å²) in [6, 6.07) is 8.72. The van der Waals surface area contributed by atoms with Crippen LogP contribution in [0.5, 0.6) is 0 Å². The lowest BCUT2D eigenvalue weighted by Crippen LogP contribution is -2.37. The highest BCUT2D eigenvalue weighted by molar-refractivity contribution is 7.99. The number of carbonyl (C=O) groups excluding carboxylic acids is 1. The summed E-state index contributed by atoms with van der Waals surface area (Å²) in [6.45, 7) is 6.59. The number of amides is 1. The van der Waals surface area contributed by atoms with E-state index in [1.54, 1.807) is 0 Å². The molecule has 1 heterocycles. The minimum atomic E-state index is 0.0720. The summed E-state index contributed by atoms with van der Waals surface area (Å²) in [5.74, 6) is 1.17. The zero-order chi connectivity index (χ0) is 18.6. The number of thioether (sulfide) groups is 1. The molecule has 3 rings (SSSR count). The summed E-state index contributed by atoms with van der Waals surface area (Å²) in [7, 11) is 0. The fraction of sp³-hybridized carbons (Fsp3) is 0.550. The summed E-state index contributed by atoms with van der Waals surface area (Å²) in [6.07, 6.45) is 5.93. The van der Waals surface area contributed by atoms with Crippen molar-refractivity contribution >= 4 is 17.7 Å². The molecule has 1 saturated carbocycles. The maximum atomic E-state index is 12.1. The fourth-order valence-corrected chi connectivity index (χ4v) is 3.82. The molecule has 2 aromatic rings. The van der Waals surface area contributed by atoms with E-state index in [4.69, 9.17) is 0 Å². The van der Waals surface area contributed by atoms with Crippen LogP contribution in [0.25, 0.3) is 11.4 Å². The number of hydrogen-bond donors (Lipinski definition) is 2. The third-order valence-electron chi connectivity index (χ3n) is 4.79. The van der Waals surface area contributed by atoms with Crippen molar-refractivity contribution in [1.29, 1.82) is 0 Å². The smallest absolute Gasteiger partial charge is 0.230 e. The van der Waals surface area contributed by atoms with Crippen molar-refractivity contribution in [1.82, 2.24) is 20.5 Å². The monoisotopic (exact) mass is 372 g/mol. The van der Waals surface area contributed by atoms with Crippen LogP contribution in [0.2, 0.25) is 0 Å². The predicted molar refractivity (Wildman–Crippen MR) is 106 cm³/mol. The van der Waals surface area contributed by atoms with Gasteiger partial charge in [0.1, 0.15) is 0 Å². The van der Waals surface area contributed by atoms with Crippen LogP contribution in [-0.2, 0) is 10.2 Å². The van der Waals surface area contributed by atoms with E-state index < -0.39 is 0 Å². The van der Waals surface area contributed by atoms with E-state index >= 15 is 0 Å². The van der Waals surface area contributed by atoms with Gasteiger partial charge in [-0.05, 0) is 23.8 Å². The first-order valence-electron chi connectivity index (χ1n) is 9.37. The second kappa shape index (κ2) is 8.25. The number of nitrogens with zero attached hydrogens (tertiary/aromatic N) is 2. The summed E-state index contributed by atoms with van der Waals surface area (Å²) in [5.41, 5.74) is 2.42. The highest BCUT2D eigenvalue weighted by Gasteiger charge is 2.17. The Labute approximate surface area is 159 Å². The first-order chi connectivity index (χ1) is 12.4. The van der Waals surface area contributed by atoms with Gasteiger partial charge in [-0.3, -0.25) is 9.89 Å². The number of carbonyl (C=O) groups is 1. The highest BCUT2D eigenvalue weighted by Crippen LogP contribution is 2.25. The third-order valence-corrected chi connectivity index (χ3v) is 5.64. The normalized spacial score (nSPS) is 15.8. The van der Waals surface area contributed by atoms with Gasteiger partial charge >= 0.3 is 0 Å². The Morgan fingerprint density at radius 1 is 1.19 bits per heavy atom. The minimum absolute atomic E-state index is 0.0720. The summed E-state index contributed by atoms with van der Waals surface area (Å²) >= 11 is 1.37. The van der Waals surface area contributed by atoms with Crippen LogP contribution >= 0.6 is 11.8 Å². The Bertz CT molecular complexity index is 727. The molecule has 140 valence electrons. The molecule has 0 radical (unpaired) electrons. The summed E-state index contributed by atoms with van der Waals surface area (Å²) in [4.78, 5) is 16.6. The summed E-state index contributed by atoms with van der Waals surface area (Å²) in [5, 5.41) is 10.9. The first-order valence-corrected chi connectivity index (χ1v) is 10.4. The van der Waals surface area contributed by atoms with Crippen LogP contribution < -0.4 is 5.32 Å². The first kappa shape index (κ1) is 19.0. The molecule has 1 aromatic heterocycles. The van der Waals surface area contributed by atoms with Gasteiger partial charge in [0.15, 0.2) is 5.82 Å². The van der Waals surface area contributed by atoms with Crippen LogP contribution in [0, 0.1) is 0 Å². The van der Waals surface area contributed by atoms with Crippen LogP contribution in [0.4, 0.5) is 0 Å². The van der Waals surface area contributed by atoms with E-state index in [2.05, 4.69) is 65.5 Å². The van der Waals surface area contributed by atoms with E-state index in [9.17, 15) is 4.79 Å². The van der Waals surface area contributed by atoms with Crippen molar-refractivity contribution < 1.29 is 4.79 Å². The molecule has 0 aliphatic heterocycles. The Hall–Kier alpha value is -1.82. The average Bonchev–Trinajstić information content (AvgIpc) is 3.09. The molecule has 26 heavy (non-hydrogen) atoms. The number of benzene rings is 1. The van der Waals surface area contributed by atoms with E-state index in [0.29, 0.717) is 17.0 Å². The molecule has 5 nitrogen and oxygen atoms in total. The van der Waals surface area contributed by atoms with Crippen molar-refractivity contribution in [3.8, 4) is 11.4 Å². The van der Waals surface area contributed by atoms with Gasteiger partial charge in [-0.25, -0.2) is 4.98 Å². The lowest BCUT2D eigenvalue weighted by atomic mass is 9.87. The third kappa shape index (κ3) is 5.10. The Morgan fingerprint density at radius 2 is 1.88 bits per heavy atom. The molecule has 0 saturated heterocycles. The number of nitrogens with one attached hydrogen (secondary N) is 2. The number of aromatic amines is 1. The maximum absolute atomic E-state index is 12.1. The number of aromatic nitrogens is 3. The zero-order valence-corrected chi connectivity index (χ0v) is 16.7. The molecule has 6 heteroatoms. The van der Waals surface area contributed by atoms with Gasteiger partial charge in [0.05, 0.1) is 5.75 Å². The topological polar surface area (TPSA) is 70.7 Å². The van der Waals surface area contributed by atoms with Crippen LogP contribution in [-0.4, -0.2) is 32.9 Å². The molecule has 0 atom stereocenters. The SMILES string of the molecule is CC(C)(C)c1ccc(-c2nc(SCC(=O)NC3CCCCC3)n[nH]2)cc1. The second-order valence-electron chi connectivity index (χ2n) is 7.99. The molecule has 1 aliphatic rings. The van der Waals surface area contributed by atoms with E-state index in [-0.39, 0.29) is 11.3 Å². The van der Waals surface area contributed by atoms with Gasteiger partial charge in [0.25, 0.3) is 0 Å². The average molecular weight is 373 g/mol. The zero-order valence-electron chi connectivity index (χ0n) is 15.8. The second-order valence-corrected chi connectivity index (χ2v) is 8.93. The number of hydrogen-bond acceptors (Lipinski definition) is 4. The van der Waals surface area contributed by atoms with Crippen molar-refractivity contribution in [3.63, 3.8) is 0 Å². The Morgan fingerprint density at radius 3 is 2.54 bits per heavy atom. The molecular weight excluding hydrogens is 344 g/mol. The number of H-pyrrole nitrogens is 1. The van der Waals surface area contributed by atoms with E-state index in [1.165, 1.54) is 36.6 Å². The fourth-order valence-electron chi connectivity index (χ4n) is 3.21. The quantitative estimate of drug-likeness (QED) is 0.767. The van der Waals surface area contributed by atoms with Gasteiger partial charge in [-0.1, -0.05) is 76.1 Å². The maximum Gasteiger partial charge on any atom is 0.230 e. The molecular formula is C20H28N4OS. The van der Waals surface area contributed by atoms with Crippen molar-refractivity contribution in [3.05, 3.63) is 29.8 Å². The van der Waals surface area contributed by atoms with Crippen LogP contribution in [0.1, 0.15) is 58.4 Å². The van der Waals surface area contributed by atoms with Crippen molar-refractivity contribution in [2.45, 2.75) is 69.5 Å². The van der Waals surface area contributed by atoms with Gasteiger partial charge < -0.3 is 5.32 Å². The molecule has 0 bridgehead atoms. The molecule has 0 unspecified atom stereocenters. The van der Waals surface area contributed by atoms with Gasteiger partial charge in [0, 0.05) is 11.6 Å².